The monoisotopic (exact) mass is 170 g/mol. The Kier molecular flexibility index (Phi) is 2.30. The molecule has 70 valence electrons. The minimum absolute atomic E-state index is 0.0179. The molecule has 1 aliphatic heterocycles. The molecule has 1 atom stereocenters. The summed E-state index contributed by atoms with van der Waals surface area (Å²) in [6.45, 7) is 8.03. The zero-order valence-corrected chi connectivity index (χ0v) is 8.46. The van der Waals surface area contributed by atoms with Crippen molar-refractivity contribution in [2.75, 3.05) is 0 Å². The Labute approximate surface area is 75.1 Å². The number of hydrogen-bond donors (Lipinski definition) is 2. The molecule has 1 unspecified atom stereocenters. The lowest BCUT2D eigenvalue weighted by Crippen LogP contribution is -2.50. The molecule has 1 saturated heterocycles. The summed E-state index contributed by atoms with van der Waals surface area (Å²) in [5.41, 5.74) is -0.0731. The Balaban J connectivity index is 2.86. The molecule has 2 N–H and O–H groups in total. The maximum absolute atomic E-state index is 9.78. The van der Waals surface area contributed by atoms with Crippen molar-refractivity contribution in [3.8, 4) is 0 Å². The Bertz CT molecular complexity index is 177. The van der Waals surface area contributed by atoms with Crippen molar-refractivity contribution in [3.05, 3.63) is 0 Å². The lowest BCUT2D eigenvalue weighted by atomic mass is 9.41. The molecule has 0 spiro atoms. The molecule has 1 aliphatic rings. The van der Waals surface area contributed by atoms with Crippen LogP contribution in [0, 0.1) is 10.8 Å². The third-order valence-corrected chi connectivity index (χ3v) is 3.82. The molecule has 2 nitrogen and oxygen atoms in total. The lowest BCUT2D eigenvalue weighted by molar-refractivity contribution is -0.0292. The van der Waals surface area contributed by atoms with Gasteiger partial charge in [0.25, 0.3) is 6.92 Å². The highest BCUT2D eigenvalue weighted by Crippen LogP contribution is 2.49. The van der Waals surface area contributed by atoms with Crippen molar-refractivity contribution >= 4 is 6.92 Å². The summed E-state index contributed by atoms with van der Waals surface area (Å²) in [6.07, 6.45) is 0.935. The standard InChI is InChI=1S/C9H19BO2/c1-8(2)6-10(12)5-7(11)9(8,3)4/h7,11-12H,5-6H2,1-4H3. The SMILES string of the molecule is CC1(C)CB(O)CC(O)C1(C)C. The van der Waals surface area contributed by atoms with Crippen LogP contribution in [0.1, 0.15) is 27.7 Å². The van der Waals surface area contributed by atoms with Crippen LogP contribution in [-0.4, -0.2) is 23.2 Å². The highest BCUT2D eigenvalue weighted by Gasteiger charge is 2.49. The first kappa shape index (κ1) is 10.1. The number of aliphatic hydroxyl groups excluding tert-OH is 1. The van der Waals surface area contributed by atoms with Gasteiger partial charge in [-0.3, -0.25) is 0 Å². The number of aliphatic hydroxyl groups is 1. The van der Waals surface area contributed by atoms with E-state index in [1.54, 1.807) is 0 Å². The Morgan fingerprint density at radius 1 is 1.25 bits per heavy atom. The zero-order chi connectivity index (χ0) is 9.57. The minimum atomic E-state index is -0.378. The second-order valence-electron chi connectivity index (χ2n) is 5.22. The van der Waals surface area contributed by atoms with E-state index >= 15 is 0 Å². The third-order valence-electron chi connectivity index (χ3n) is 3.82. The topological polar surface area (TPSA) is 40.5 Å². The predicted octanol–water partition coefficient (Wildman–Crippen LogP) is 1.40. The fraction of sp³-hybridized carbons (Fsp3) is 1.00. The Morgan fingerprint density at radius 3 is 2.17 bits per heavy atom. The van der Waals surface area contributed by atoms with Crippen molar-refractivity contribution in [1.82, 2.24) is 0 Å². The largest absolute Gasteiger partial charge is 0.450 e. The van der Waals surface area contributed by atoms with E-state index in [9.17, 15) is 10.1 Å². The molecule has 0 radical (unpaired) electrons. The van der Waals surface area contributed by atoms with Gasteiger partial charge in [-0.05, 0) is 23.5 Å². The second kappa shape index (κ2) is 2.74. The molecule has 0 aromatic carbocycles. The number of rotatable bonds is 0. The minimum Gasteiger partial charge on any atom is -0.450 e. The molecule has 1 rings (SSSR count). The molecule has 1 fully saturated rings. The van der Waals surface area contributed by atoms with Crippen molar-refractivity contribution in [2.24, 2.45) is 10.8 Å². The summed E-state index contributed by atoms with van der Waals surface area (Å²) < 4.78 is 0. The molecule has 0 amide bonds. The predicted molar refractivity (Wildman–Crippen MR) is 51.2 cm³/mol. The molecular formula is C9H19BO2. The van der Waals surface area contributed by atoms with E-state index in [1.165, 1.54) is 0 Å². The molecule has 0 aromatic heterocycles. The van der Waals surface area contributed by atoms with Crippen LogP contribution in [0.25, 0.3) is 0 Å². The van der Waals surface area contributed by atoms with E-state index in [0.29, 0.717) is 6.32 Å². The van der Waals surface area contributed by atoms with E-state index in [4.69, 9.17) is 0 Å². The zero-order valence-electron chi connectivity index (χ0n) is 8.46. The fourth-order valence-electron chi connectivity index (χ4n) is 1.94. The third kappa shape index (κ3) is 1.40. The molecule has 0 saturated carbocycles. The maximum atomic E-state index is 9.78. The van der Waals surface area contributed by atoms with Crippen LogP contribution in [0.2, 0.25) is 12.6 Å². The van der Waals surface area contributed by atoms with Crippen LogP contribution in [-0.2, 0) is 0 Å². The molecule has 1 heterocycles. The average molecular weight is 170 g/mol. The molecule has 0 bridgehead atoms. The van der Waals surface area contributed by atoms with Gasteiger partial charge in [-0.1, -0.05) is 27.7 Å². The summed E-state index contributed by atoms with van der Waals surface area (Å²) >= 11 is 0. The van der Waals surface area contributed by atoms with Crippen LogP contribution in [0.15, 0.2) is 0 Å². The second-order valence-corrected chi connectivity index (χ2v) is 5.22. The highest BCUT2D eigenvalue weighted by atomic mass is 16.3. The summed E-state index contributed by atoms with van der Waals surface area (Å²) in [5, 5.41) is 19.3. The van der Waals surface area contributed by atoms with Gasteiger partial charge >= 0.3 is 0 Å². The van der Waals surface area contributed by atoms with Gasteiger partial charge in [0, 0.05) is 0 Å². The lowest BCUT2D eigenvalue weighted by Gasteiger charge is -2.49. The Hall–Kier alpha value is -0.0151. The van der Waals surface area contributed by atoms with Gasteiger partial charge in [-0.25, -0.2) is 0 Å². The van der Waals surface area contributed by atoms with Crippen molar-refractivity contribution in [3.63, 3.8) is 0 Å². The first-order chi connectivity index (χ1) is 5.27. The summed E-state index contributed by atoms with van der Waals surface area (Å²) in [6, 6.07) is 0. The molecular weight excluding hydrogens is 151 g/mol. The first-order valence-electron chi connectivity index (χ1n) is 4.63. The summed E-state index contributed by atoms with van der Waals surface area (Å²) in [5.74, 6) is 0. The first-order valence-corrected chi connectivity index (χ1v) is 4.63. The van der Waals surface area contributed by atoms with Crippen LogP contribution in [0.4, 0.5) is 0 Å². The molecule has 0 aromatic rings. The molecule has 3 heteroatoms. The van der Waals surface area contributed by atoms with Gasteiger partial charge in [0.15, 0.2) is 0 Å². The summed E-state index contributed by atoms with van der Waals surface area (Å²) in [7, 11) is 0. The van der Waals surface area contributed by atoms with Gasteiger partial charge in [0.1, 0.15) is 0 Å². The quantitative estimate of drug-likeness (QED) is 0.539. The normalized spacial score (nSPS) is 33.5. The summed E-state index contributed by atoms with van der Waals surface area (Å²) in [4.78, 5) is 0. The highest BCUT2D eigenvalue weighted by molar-refractivity contribution is 6.51. The van der Waals surface area contributed by atoms with Gasteiger partial charge < -0.3 is 10.1 Å². The van der Waals surface area contributed by atoms with E-state index in [2.05, 4.69) is 27.7 Å². The van der Waals surface area contributed by atoms with Gasteiger partial charge in [-0.15, -0.1) is 0 Å². The average Bonchev–Trinajstić information content (AvgIpc) is 1.82. The van der Waals surface area contributed by atoms with Crippen LogP contribution < -0.4 is 0 Å². The van der Waals surface area contributed by atoms with Gasteiger partial charge in [0.2, 0.25) is 0 Å². The Morgan fingerprint density at radius 2 is 1.75 bits per heavy atom. The van der Waals surface area contributed by atoms with E-state index in [1.807, 2.05) is 0 Å². The van der Waals surface area contributed by atoms with Crippen molar-refractivity contribution in [1.29, 1.82) is 0 Å². The van der Waals surface area contributed by atoms with Crippen LogP contribution in [0.3, 0.4) is 0 Å². The smallest absolute Gasteiger partial charge is 0.292 e. The fourth-order valence-corrected chi connectivity index (χ4v) is 1.94. The number of hydrogen-bond acceptors (Lipinski definition) is 2. The molecule has 0 aliphatic carbocycles. The van der Waals surface area contributed by atoms with Crippen LogP contribution >= 0.6 is 0 Å². The van der Waals surface area contributed by atoms with E-state index in [0.717, 1.165) is 6.32 Å². The van der Waals surface area contributed by atoms with E-state index in [-0.39, 0.29) is 23.8 Å². The maximum Gasteiger partial charge on any atom is 0.292 e. The molecule has 12 heavy (non-hydrogen) atoms. The van der Waals surface area contributed by atoms with Crippen molar-refractivity contribution in [2.45, 2.75) is 46.4 Å². The van der Waals surface area contributed by atoms with Crippen LogP contribution in [0.5, 0.6) is 0 Å². The van der Waals surface area contributed by atoms with Gasteiger partial charge in [0.05, 0.1) is 6.10 Å². The van der Waals surface area contributed by atoms with Crippen molar-refractivity contribution < 1.29 is 10.1 Å². The van der Waals surface area contributed by atoms with E-state index < -0.39 is 0 Å². The van der Waals surface area contributed by atoms with Gasteiger partial charge in [-0.2, -0.15) is 0 Å².